The molecule has 0 bridgehead atoms. The third-order valence-corrected chi connectivity index (χ3v) is 2.23. The molecule has 0 radical (unpaired) electrons. The zero-order valence-electron chi connectivity index (χ0n) is 8.89. The highest BCUT2D eigenvalue weighted by Crippen LogP contribution is 2.13. The fourth-order valence-electron chi connectivity index (χ4n) is 1.33. The van der Waals surface area contributed by atoms with Gasteiger partial charge in [0.2, 0.25) is 0 Å². The molecule has 0 atom stereocenters. The van der Waals surface area contributed by atoms with E-state index < -0.39 is 0 Å². The Hall–Kier alpha value is -0.520. The van der Waals surface area contributed by atoms with Crippen molar-refractivity contribution in [2.75, 3.05) is 26.3 Å². The average molecular weight is 181 g/mol. The Balaban J connectivity index is 2.54. The second-order valence-corrected chi connectivity index (χ2v) is 4.35. The van der Waals surface area contributed by atoms with Crippen molar-refractivity contribution in [3.8, 4) is 11.8 Å². The predicted molar refractivity (Wildman–Crippen MR) is 54.5 cm³/mol. The molecule has 0 aromatic rings. The summed E-state index contributed by atoms with van der Waals surface area (Å²) in [6.07, 6.45) is 1.10. The van der Waals surface area contributed by atoms with Crippen molar-refractivity contribution in [2.24, 2.45) is 0 Å². The standard InChI is InChI=1S/C11H19NO/c1-11(2,3)12-7-4-5-9-13-10-6-8-12/h6-10H2,1-3H3. The summed E-state index contributed by atoms with van der Waals surface area (Å²) in [6.45, 7) is 10.1. The van der Waals surface area contributed by atoms with E-state index in [-0.39, 0.29) is 5.54 Å². The topological polar surface area (TPSA) is 12.5 Å². The lowest BCUT2D eigenvalue weighted by Crippen LogP contribution is -2.42. The van der Waals surface area contributed by atoms with Crippen LogP contribution < -0.4 is 0 Å². The fraction of sp³-hybridized carbons (Fsp3) is 0.818. The van der Waals surface area contributed by atoms with E-state index in [2.05, 4.69) is 37.5 Å². The Morgan fingerprint density at radius 3 is 2.69 bits per heavy atom. The first-order valence-corrected chi connectivity index (χ1v) is 4.89. The van der Waals surface area contributed by atoms with Crippen LogP contribution in [0.1, 0.15) is 27.2 Å². The summed E-state index contributed by atoms with van der Waals surface area (Å²) in [5, 5.41) is 0. The first-order valence-electron chi connectivity index (χ1n) is 4.89. The first-order chi connectivity index (χ1) is 6.11. The highest BCUT2D eigenvalue weighted by molar-refractivity contribution is 5.03. The predicted octanol–water partition coefficient (Wildman–Crippen LogP) is 1.51. The number of nitrogens with zero attached hydrogens (tertiary/aromatic N) is 1. The lowest BCUT2D eigenvalue weighted by Gasteiger charge is -2.33. The molecule has 0 aromatic carbocycles. The van der Waals surface area contributed by atoms with Crippen LogP contribution in [0, 0.1) is 11.8 Å². The van der Waals surface area contributed by atoms with Gasteiger partial charge in [-0.25, -0.2) is 0 Å². The number of ether oxygens (including phenoxy) is 1. The number of hydrogen-bond donors (Lipinski definition) is 0. The molecule has 0 aromatic heterocycles. The van der Waals surface area contributed by atoms with E-state index >= 15 is 0 Å². The largest absolute Gasteiger partial charge is 0.369 e. The van der Waals surface area contributed by atoms with Crippen molar-refractivity contribution >= 4 is 0 Å². The molecule has 0 spiro atoms. The molecule has 0 unspecified atom stereocenters. The summed E-state index contributed by atoms with van der Waals surface area (Å²) >= 11 is 0. The van der Waals surface area contributed by atoms with Crippen LogP contribution in [0.2, 0.25) is 0 Å². The van der Waals surface area contributed by atoms with Crippen LogP contribution in [0.25, 0.3) is 0 Å². The molecular weight excluding hydrogens is 162 g/mol. The van der Waals surface area contributed by atoms with Gasteiger partial charge < -0.3 is 4.74 Å². The van der Waals surface area contributed by atoms with E-state index in [1.807, 2.05) is 0 Å². The number of hydrogen-bond acceptors (Lipinski definition) is 2. The lowest BCUT2D eigenvalue weighted by molar-refractivity contribution is 0.120. The second kappa shape index (κ2) is 4.64. The third-order valence-electron chi connectivity index (χ3n) is 2.23. The molecule has 1 rings (SSSR count). The van der Waals surface area contributed by atoms with Gasteiger partial charge >= 0.3 is 0 Å². The molecule has 0 amide bonds. The molecule has 0 N–H and O–H groups in total. The van der Waals surface area contributed by atoms with Gasteiger partial charge in [0.1, 0.15) is 6.61 Å². The van der Waals surface area contributed by atoms with Gasteiger partial charge in [-0.2, -0.15) is 0 Å². The molecule has 1 aliphatic heterocycles. The zero-order valence-corrected chi connectivity index (χ0v) is 8.89. The van der Waals surface area contributed by atoms with E-state index in [0.717, 1.165) is 26.1 Å². The van der Waals surface area contributed by atoms with Gasteiger partial charge in [-0.1, -0.05) is 11.8 Å². The Morgan fingerprint density at radius 1 is 1.23 bits per heavy atom. The van der Waals surface area contributed by atoms with Gasteiger partial charge in [0.15, 0.2) is 0 Å². The van der Waals surface area contributed by atoms with Crippen molar-refractivity contribution in [3.05, 3.63) is 0 Å². The van der Waals surface area contributed by atoms with Gasteiger partial charge in [-0.3, -0.25) is 4.90 Å². The van der Waals surface area contributed by atoms with Crippen LogP contribution in [-0.2, 0) is 4.74 Å². The van der Waals surface area contributed by atoms with Crippen LogP contribution in [0.3, 0.4) is 0 Å². The van der Waals surface area contributed by atoms with Crippen LogP contribution in [0.5, 0.6) is 0 Å². The van der Waals surface area contributed by atoms with Gasteiger partial charge in [0, 0.05) is 18.7 Å². The number of rotatable bonds is 0. The molecule has 0 fully saturated rings. The Morgan fingerprint density at radius 2 is 2.00 bits per heavy atom. The van der Waals surface area contributed by atoms with E-state index in [0.29, 0.717) is 6.61 Å². The van der Waals surface area contributed by atoms with Crippen LogP contribution in [-0.4, -0.2) is 36.7 Å². The summed E-state index contributed by atoms with van der Waals surface area (Å²) in [6, 6.07) is 0. The third kappa shape index (κ3) is 3.80. The fourth-order valence-corrected chi connectivity index (χ4v) is 1.33. The quantitative estimate of drug-likeness (QED) is 0.525. The maximum atomic E-state index is 5.32. The van der Waals surface area contributed by atoms with Crippen molar-refractivity contribution in [2.45, 2.75) is 32.7 Å². The minimum absolute atomic E-state index is 0.221. The molecule has 13 heavy (non-hydrogen) atoms. The maximum Gasteiger partial charge on any atom is 0.107 e. The first kappa shape index (κ1) is 10.6. The van der Waals surface area contributed by atoms with Crippen molar-refractivity contribution in [1.29, 1.82) is 0 Å². The Kier molecular flexibility index (Phi) is 3.77. The van der Waals surface area contributed by atoms with Crippen LogP contribution >= 0.6 is 0 Å². The second-order valence-electron chi connectivity index (χ2n) is 4.35. The smallest absolute Gasteiger partial charge is 0.107 e. The van der Waals surface area contributed by atoms with Crippen molar-refractivity contribution < 1.29 is 4.74 Å². The SMILES string of the molecule is CC(C)(C)N1CC#CCOCCC1. The highest BCUT2D eigenvalue weighted by atomic mass is 16.5. The molecule has 1 aliphatic rings. The van der Waals surface area contributed by atoms with Gasteiger partial charge in [0.25, 0.3) is 0 Å². The minimum atomic E-state index is 0.221. The molecule has 74 valence electrons. The highest BCUT2D eigenvalue weighted by Gasteiger charge is 2.19. The molecule has 0 saturated heterocycles. The van der Waals surface area contributed by atoms with E-state index in [4.69, 9.17) is 4.74 Å². The van der Waals surface area contributed by atoms with E-state index in [9.17, 15) is 0 Å². The monoisotopic (exact) mass is 181 g/mol. The van der Waals surface area contributed by atoms with Crippen LogP contribution in [0.15, 0.2) is 0 Å². The van der Waals surface area contributed by atoms with Crippen molar-refractivity contribution in [1.82, 2.24) is 4.90 Å². The molecule has 0 aliphatic carbocycles. The van der Waals surface area contributed by atoms with Crippen LogP contribution in [0.4, 0.5) is 0 Å². The molecule has 2 nitrogen and oxygen atoms in total. The van der Waals surface area contributed by atoms with Gasteiger partial charge in [0.05, 0.1) is 6.54 Å². The summed E-state index contributed by atoms with van der Waals surface area (Å²) in [5.41, 5.74) is 0.221. The normalized spacial score (nSPS) is 20.8. The summed E-state index contributed by atoms with van der Waals surface area (Å²) in [7, 11) is 0. The summed E-state index contributed by atoms with van der Waals surface area (Å²) in [5.74, 6) is 6.15. The average Bonchev–Trinajstić information content (AvgIpc) is 2.14. The maximum absolute atomic E-state index is 5.32. The molecule has 0 saturated carbocycles. The lowest BCUT2D eigenvalue weighted by atomic mass is 10.1. The van der Waals surface area contributed by atoms with Gasteiger partial charge in [-0.15, -0.1) is 0 Å². The zero-order chi connectivity index (χ0) is 9.73. The van der Waals surface area contributed by atoms with E-state index in [1.54, 1.807) is 0 Å². The summed E-state index contributed by atoms with van der Waals surface area (Å²) < 4.78 is 5.32. The molecule has 2 heteroatoms. The minimum Gasteiger partial charge on any atom is -0.369 e. The van der Waals surface area contributed by atoms with E-state index in [1.165, 1.54) is 0 Å². The summed E-state index contributed by atoms with van der Waals surface area (Å²) in [4.78, 5) is 2.40. The Bertz CT molecular complexity index is 206. The molecule has 1 heterocycles. The van der Waals surface area contributed by atoms with Gasteiger partial charge in [-0.05, 0) is 27.2 Å². The Labute approximate surface area is 81.3 Å². The molecular formula is C11H19NO. The van der Waals surface area contributed by atoms with Crippen molar-refractivity contribution in [3.63, 3.8) is 0 Å².